The van der Waals surface area contributed by atoms with Crippen LogP contribution in [0.1, 0.15) is 22.3 Å². The summed E-state index contributed by atoms with van der Waals surface area (Å²) in [6, 6.07) is 7.35. The molecule has 0 fully saturated rings. The van der Waals surface area contributed by atoms with Gasteiger partial charge in [0.05, 0.1) is 19.3 Å². The third kappa shape index (κ3) is 2.54. The molecule has 0 saturated heterocycles. The standard InChI is InChI=1S/C16H15NO4/c1-20-14-8-12(16(18)19)9-17-15(14)11-4-5-13-10(7-11)3-2-6-21-13/h4-5,7-9H,2-3,6H2,1H3,(H,18,19). The van der Waals surface area contributed by atoms with E-state index in [1.54, 1.807) is 0 Å². The van der Waals surface area contributed by atoms with Crippen LogP contribution in [0.3, 0.4) is 0 Å². The van der Waals surface area contributed by atoms with Crippen LogP contribution in [0.25, 0.3) is 11.3 Å². The normalized spacial score (nSPS) is 13.2. The van der Waals surface area contributed by atoms with E-state index >= 15 is 0 Å². The van der Waals surface area contributed by atoms with Gasteiger partial charge in [0.1, 0.15) is 17.2 Å². The number of nitrogens with zero attached hydrogens (tertiary/aromatic N) is 1. The molecule has 1 aromatic carbocycles. The van der Waals surface area contributed by atoms with E-state index in [9.17, 15) is 4.79 Å². The first kappa shape index (κ1) is 13.4. The molecule has 3 rings (SSSR count). The van der Waals surface area contributed by atoms with E-state index in [1.165, 1.54) is 19.4 Å². The monoisotopic (exact) mass is 285 g/mol. The Hall–Kier alpha value is -2.56. The average molecular weight is 285 g/mol. The summed E-state index contributed by atoms with van der Waals surface area (Å²) in [6.45, 7) is 0.751. The first-order valence-corrected chi connectivity index (χ1v) is 6.72. The molecule has 108 valence electrons. The van der Waals surface area contributed by atoms with E-state index in [0.29, 0.717) is 11.4 Å². The van der Waals surface area contributed by atoms with Gasteiger partial charge in [-0.1, -0.05) is 0 Å². The molecule has 1 aliphatic rings. The number of carboxylic acid groups (broad SMARTS) is 1. The lowest BCUT2D eigenvalue weighted by atomic mass is 10.0. The highest BCUT2D eigenvalue weighted by Crippen LogP contribution is 2.33. The topological polar surface area (TPSA) is 68.7 Å². The minimum atomic E-state index is -1.02. The molecule has 2 aromatic rings. The van der Waals surface area contributed by atoms with Gasteiger partial charge in [0.2, 0.25) is 0 Å². The Kier molecular flexibility index (Phi) is 3.48. The van der Waals surface area contributed by atoms with Crippen LogP contribution in [0.4, 0.5) is 0 Å². The van der Waals surface area contributed by atoms with Gasteiger partial charge >= 0.3 is 5.97 Å². The Morgan fingerprint density at radius 3 is 3.00 bits per heavy atom. The second kappa shape index (κ2) is 5.44. The second-order valence-electron chi connectivity index (χ2n) is 4.85. The number of pyridine rings is 1. The molecular formula is C16H15NO4. The minimum absolute atomic E-state index is 0.108. The van der Waals surface area contributed by atoms with Crippen LogP contribution >= 0.6 is 0 Å². The predicted molar refractivity (Wildman–Crippen MR) is 77.0 cm³/mol. The first-order chi connectivity index (χ1) is 10.2. The van der Waals surface area contributed by atoms with Crippen molar-refractivity contribution in [3.63, 3.8) is 0 Å². The van der Waals surface area contributed by atoms with Crippen molar-refractivity contribution in [1.82, 2.24) is 4.98 Å². The average Bonchev–Trinajstić information content (AvgIpc) is 2.53. The van der Waals surface area contributed by atoms with Crippen LogP contribution in [0.15, 0.2) is 30.5 Å². The van der Waals surface area contributed by atoms with Crippen molar-refractivity contribution in [3.8, 4) is 22.8 Å². The Labute approximate surface area is 122 Å². The summed E-state index contributed by atoms with van der Waals surface area (Å²) in [6.07, 6.45) is 3.31. The molecule has 0 amide bonds. The summed E-state index contributed by atoms with van der Waals surface area (Å²) < 4.78 is 10.9. The SMILES string of the molecule is COc1cc(C(=O)O)cnc1-c1ccc2c(c1)CCCO2. The second-order valence-corrected chi connectivity index (χ2v) is 4.85. The molecule has 0 spiro atoms. The summed E-state index contributed by atoms with van der Waals surface area (Å²) >= 11 is 0. The van der Waals surface area contributed by atoms with Crippen LogP contribution in [0.5, 0.6) is 11.5 Å². The lowest BCUT2D eigenvalue weighted by Gasteiger charge is -2.18. The maximum atomic E-state index is 11.0. The van der Waals surface area contributed by atoms with Gasteiger partial charge in [-0.05, 0) is 42.7 Å². The molecule has 0 atom stereocenters. The fraction of sp³-hybridized carbons (Fsp3) is 0.250. The van der Waals surface area contributed by atoms with E-state index in [1.807, 2.05) is 18.2 Å². The number of ether oxygens (including phenoxy) is 2. The number of benzene rings is 1. The number of aromatic nitrogens is 1. The summed E-state index contributed by atoms with van der Waals surface area (Å²) in [4.78, 5) is 15.2. The summed E-state index contributed by atoms with van der Waals surface area (Å²) in [5, 5.41) is 9.01. The molecule has 0 radical (unpaired) electrons. The Morgan fingerprint density at radius 1 is 1.38 bits per heavy atom. The predicted octanol–water partition coefficient (Wildman–Crippen LogP) is 2.78. The maximum Gasteiger partial charge on any atom is 0.337 e. The number of rotatable bonds is 3. The highest BCUT2D eigenvalue weighted by molar-refractivity contribution is 5.88. The number of carboxylic acids is 1. The van der Waals surface area contributed by atoms with E-state index in [-0.39, 0.29) is 5.56 Å². The van der Waals surface area contributed by atoms with Gasteiger partial charge in [-0.3, -0.25) is 4.98 Å². The van der Waals surface area contributed by atoms with Crippen molar-refractivity contribution in [2.45, 2.75) is 12.8 Å². The van der Waals surface area contributed by atoms with E-state index in [2.05, 4.69) is 4.98 Å². The van der Waals surface area contributed by atoms with Crippen LogP contribution in [0, 0.1) is 0 Å². The highest BCUT2D eigenvalue weighted by Gasteiger charge is 2.15. The smallest absolute Gasteiger partial charge is 0.337 e. The van der Waals surface area contributed by atoms with Crippen LogP contribution in [0.2, 0.25) is 0 Å². The number of methoxy groups -OCH3 is 1. The molecule has 5 nitrogen and oxygen atoms in total. The zero-order valence-electron chi connectivity index (χ0n) is 11.6. The number of aryl methyl sites for hydroxylation is 1. The number of hydrogen-bond donors (Lipinski definition) is 1. The summed E-state index contributed by atoms with van der Waals surface area (Å²) in [7, 11) is 1.51. The van der Waals surface area contributed by atoms with Crippen molar-refractivity contribution in [1.29, 1.82) is 0 Å². The third-order valence-corrected chi connectivity index (χ3v) is 3.50. The number of carbonyl (C=O) groups is 1. The van der Waals surface area contributed by atoms with Gasteiger partial charge < -0.3 is 14.6 Å². The summed E-state index contributed by atoms with van der Waals surface area (Å²) in [5.41, 5.74) is 2.78. The number of hydrogen-bond acceptors (Lipinski definition) is 4. The van der Waals surface area contributed by atoms with Crippen molar-refractivity contribution >= 4 is 5.97 Å². The minimum Gasteiger partial charge on any atom is -0.494 e. The lowest BCUT2D eigenvalue weighted by Crippen LogP contribution is -2.08. The van der Waals surface area contributed by atoms with Gasteiger partial charge in [-0.15, -0.1) is 0 Å². The molecule has 21 heavy (non-hydrogen) atoms. The van der Waals surface area contributed by atoms with Gasteiger partial charge in [0, 0.05) is 11.8 Å². The first-order valence-electron chi connectivity index (χ1n) is 6.72. The van der Waals surface area contributed by atoms with Crippen LogP contribution in [-0.2, 0) is 6.42 Å². The van der Waals surface area contributed by atoms with Crippen molar-refractivity contribution in [3.05, 3.63) is 41.6 Å². The molecule has 1 aliphatic heterocycles. The van der Waals surface area contributed by atoms with E-state index in [4.69, 9.17) is 14.6 Å². The van der Waals surface area contributed by atoms with E-state index < -0.39 is 5.97 Å². The third-order valence-electron chi connectivity index (χ3n) is 3.50. The quantitative estimate of drug-likeness (QED) is 0.939. The van der Waals surface area contributed by atoms with Crippen molar-refractivity contribution in [2.24, 2.45) is 0 Å². The lowest BCUT2D eigenvalue weighted by molar-refractivity contribution is 0.0696. The molecule has 0 aliphatic carbocycles. The maximum absolute atomic E-state index is 11.0. The highest BCUT2D eigenvalue weighted by atomic mass is 16.5. The Balaban J connectivity index is 2.05. The molecule has 0 unspecified atom stereocenters. The molecule has 1 aromatic heterocycles. The fourth-order valence-corrected chi connectivity index (χ4v) is 2.44. The van der Waals surface area contributed by atoms with Crippen molar-refractivity contribution in [2.75, 3.05) is 13.7 Å². The fourth-order valence-electron chi connectivity index (χ4n) is 2.44. The van der Waals surface area contributed by atoms with Gasteiger partial charge in [0.25, 0.3) is 0 Å². The molecular weight excluding hydrogens is 270 g/mol. The van der Waals surface area contributed by atoms with Crippen LogP contribution in [-0.4, -0.2) is 29.8 Å². The van der Waals surface area contributed by atoms with Gasteiger partial charge in [-0.25, -0.2) is 4.79 Å². The number of aromatic carboxylic acids is 1. The Bertz CT molecular complexity index is 697. The van der Waals surface area contributed by atoms with Crippen molar-refractivity contribution < 1.29 is 19.4 Å². The Morgan fingerprint density at radius 2 is 2.24 bits per heavy atom. The molecule has 1 N–H and O–H groups in total. The van der Waals surface area contributed by atoms with Crippen LogP contribution < -0.4 is 9.47 Å². The molecule has 2 heterocycles. The summed E-state index contributed by atoms with van der Waals surface area (Å²) in [5.74, 6) is 0.337. The van der Waals surface area contributed by atoms with E-state index in [0.717, 1.165) is 36.3 Å². The van der Waals surface area contributed by atoms with Gasteiger partial charge in [-0.2, -0.15) is 0 Å². The molecule has 5 heteroatoms. The zero-order chi connectivity index (χ0) is 14.8. The zero-order valence-corrected chi connectivity index (χ0v) is 11.6. The molecule has 0 saturated carbocycles. The van der Waals surface area contributed by atoms with Gasteiger partial charge in [0.15, 0.2) is 0 Å². The largest absolute Gasteiger partial charge is 0.494 e. The number of fused-ring (bicyclic) bond motifs is 1. The molecule has 0 bridgehead atoms.